The van der Waals surface area contributed by atoms with E-state index < -0.39 is 0 Å². The SMILES string of the molecule is NC1(Cn2cncc2C2CCCCC2)CCC1. The highest BCUT2D eigenvalue weighted by Crippen LogP contribution is 2.35. The molecule has 2 N–H and O–H groups in total. The summed E-state index contributed by atoms with van der Waals surface area (Å²) < 4.78 is 2.33. The molecule has 0 aromatic carbocycles. The van der Waals surface area contributed by atoms with Gasteiger partial charge in [-0.1, -0.05) is 19.3 Å². The van der Waals surface area contributed by atoms with Crippen LogP contribution >= 0.6 is 0 Å². The lowest BCUT2D eigenvalue weighted by atomic mass is 9.77. The second kappa shape index (κ2) is 4.45. The summed E-state index contributed by atoms with van der Waals surface area (Å²) in [7, 11) is 0. The van der Waals surface area contributed by atoms with Gasteiger partial charge in [-0.25, -0.2) is 4.98 Å². The fraction of sp³-hybridized carbons (Fsp3) is 0.786. The Morgan fingerprint density at radius 2 is 2.00 bits per heavy atom. The van der Waals surface area contributed by atoms with E-state index in [4.69, 9.17) is 5.73 Å². The molecule has 1 heterocycles. The van der Waals surface area contributed by atoms with Gasteiger partial charge in [0.05, 0.1) is 6.33 Å². The Morgan fingerprint density at radius 3 is 2.65 bits per heavy atom. The van der Waals surface area contributed by atoms with Crippen LogP contribution in [-0.4, -0.2) is 15.1 Å². The third-order valence-electron chi connectivity index (χ3n) is 4.60. The molecular formula is C14H23N3. The van der Waals surface area contributed by atoms with Crippen LogP contribution in [0.4, 0.5) is 0 Å². The molecule has 0 bridgehead atoms. The maximum atomic E-state index is 6.34. The monoisotopic (exact) mass is 233 g/mol. The molecule has 3 nitrogen and oxygen atoms in total. The summed E-state index contributed by atoms with van der Waals surface area (Å²) in [5.74, 6) is 0.731. The van der Waals surface area contributed by atoms with Crippen molar-refractivity contribution in [3.05, 3.63) is 18.2 Å². The topological polar surface area (TPSA) is 43.8 Å². The molecule has 2 aliphatic rings. The molecule has 0 unspecified atom stereocenters. The van der Waals surface area contributed by atoms with Crippen molar-refractivity contribution in [2.75, 3.05) is 0 Å². The molecule has 3 rings (SSSR count). The molecule has 3 heteroatoms. The Hall–Kier alpha value is -0.830. The van der Waals surface area contributed by atoms with E-state index in [2.05, 4.69) is 15.7 Å². The highest BCUT2D eigenvalue weighted by molar-refractivity contribution is 5.09. The van der Waals surface area contributed by atoms with E-state index in [0.29, 0.717) is 0 Å². The Balaban J connectivity index is 1.73. The van der Waals surface area contributed by atoms with Crippen molar-refractivity contribution in [2.45, 2.75) is 69.4 Å². The third-order valence-corrected chi connectivity index (χ3v) is 4.60. The van der Waals surface area contributed by atoms with Gasteiger partial charge in [-0.2, -0.15) is 0 Å². The van der Waals surface area contributed by atoms with E-state index in [0.717, 1.165) is 12.5 Å². The van der Waals surface area contributed by atoms with Gasteiger partial charge >= 0.3 is 0 Å². The molecule has 0 aliphatic heterocycles. The van der Waals surface area contributed by atoms with E-state index in [1.54, 1.807) is 0 Å². The summed E-state index contributed by atoms with van der Waals surface area (Å²) in [4.78, 5) is 4.35. The number of nitrogens with zero attached hydrogens (tertiary/aromatic N) is 2. The molecule has 0 amide bonds. The zero-order chi connectivity index (χ0) is 11.7. The van der Waals surface area contributed by atoms with Gasteiger partial charge in [0.2, 0.25) is 0 Å². The van der Waals surface area contributed by atoms with E-state index in [1.165, 1.54) is 57.1 Å². The van der Waals surface area contributed by atoms with Gasteiger partial charge in [-0.15, -0.1) is 0 Å². The predicted octanol–water partition coefficient (Wildman–Crippen LogP) is 2.81. The molecular weight excluding hydrogens is 210 g/mol. The summed E-state index contributed by atoms with van der Waals surface area (Å²) in [6, 6.07) is 0. The van der Waals surface area contributed by atoms with Crippen LogP contribution in [0.15, 0.2) is 12.5 Å². The number of hydrogen-bond donors (Lipinski definition) is 1. The molecule has 17 heavy (non-hydrogen) atoms. The largest absolute Gasteiger partial charge is 0.332 e. The van der Waals surface area contributed by atoms with Gasteiger partial charge in [-0.3, -0.25) is 0 Å². The Morgan fingerprint density at radius 1 is 1.24 bits per heavy atom. The van der Waals surface area contributed by atoms with Crippen LogP contribution in [0.3, 0.4) is 0 Å². The molecule has 94 valence electrons. The molecule has 1 aromatic rings. The van der Waals surface area contributed by atoms with Gasteiger partial charge in [0.25, 0.3) is 0 Å². The maximum absolute atomic E-state index is 6.34. The van der Waals surface area contributed by atoms with E-state index in [9.17, 15) is 0 Å². The average molecular weight is 233 g/mol. The normalized spacial score (nSPS) is 24.5. The van der Waals surface area contributed by atoms with E-state index in [-0.39, 0.29) is 5.54 Å². The average Bonchev–Trinajstić information content (AvgIpc) is 2.76. The summed E-state index contributed by atoms with van der Waals surface area (Å²) in [6.45, 7) is 0.971. The minimum Gasteiger partial charge on any atom is -0.332 e. The molecule has 0 atom stereocenters. The Labute approximate surface area is 103 Å². The number of imidazole rings is 1. The van der Waals surface area contributed by atoms with Crippen molar-refractivity contribution < 1.29 is 0 Å². The lowest BCUT2D eigenvalue weighted by molar-refractivity contribution is 0.211. The highest BCUT2D eigenvalue weighted by Gasteiger charge is 2.33. The van der Waals surface area contributed by atoms with Gasteiger partial charge in [0, 0.05) is 29.9 Å². The third kappa shape index (κ3) is 2.25. The van der Waals surface area contributed by atoms with Crippen molar-refractivity contribution in [1.82, 2.24) is 9.55 Å². The van der Waals surface area contributed by atoms with Crippen molar-refractivity contribution >= 4 is 0 Å². The van der Waals surface area contributed by atoms with Crippen molar-refractivity contribution in [1.29, 1.82) is 0 Å². The molecule has 2 saturated carbocycles. The van der Waals surface area contributed by atoms with Gasteiger partial charge in [-0.05, 0) is 32.1 Å². The minimum atomic E-state index is 0.0596. The first kappa shape index (κ1) is 11.3. The number of rotatable bonds is 3. The molecule has 2 fully saturated rings. The van der Waals surface area contributed by atoms with E-state index >= 15 is 0 Å². The van der Waals surface area contributed by atoms with Crippen LogP contribution in [0.25, 0.3) is 0 Å². The fourth-order valence-corrected chi connectivity index (χ4v) is 3.33. The number of nitrogens with two attached hydrogens (primary N) is 1. The summed E-state index contributed by atoms with van der Waals surface area (Å²) in [5, 5.41) is 0. The quantitative estimate of drug-likeness (QED) is 0.872. The second-order valence-corrected chi connectivity index (χ2v) is 6.00. The summed E-state index contributed by atoms with van der Waals surface area (Å²) in [5.41, 5.74) is 7.84. The van der Waals surface area contributed by atoms with Crippen LogP contribution in [0.1, 0.15) is 63.0 Å². The highest BCUT2D eigenvalue weighted by atomic mass is 15.1. The van der Waals surface area contributed by atoms with Crippen LogP contribution in [0.5, 0.6) is 0 Å². The molecule has 1 aromatic heterocycles. The van der Waals surface area contributed by atoms with Crippen LogP contribution in [-0.2, 0) is 6.54 Å². The zero-order valence-electron chi connectivity index (χ0n) is 10.6. The van der Waals surface area contributed by atoms with Crippen molar-refractivity contribution in [3.8, 4) is 0 Å². The first-order chi connectivity index (χ1) is 8.27. The fourth-order valence-electron chi connectivity index (χ4n) is 3.33. The standard InChI is InChI=1S/C14H23N3/c15-14(7-4-8-14)10-17-11-16-9-13(17)12-5-2-1-3-6-12/h9,11-12H,1-8,10,15H2. The van der Waals surface area contributed by atoms with Crippen molar-refractivity contribution in [3.63, 3.8) is 0 Å². The molecule has 0 saturated heterocycles. The zero-order valence-corrected chi connectivity index (χ0v) is 10.6. The maximum Gasteiger partial charge on any atom is 0.0948 e. The number of aromatic nitrogens is 2. The Kier molecular flexibility index (Phi) is 2.95. The van der Waals surface area contributed by atoms with Gasteiger partial charge < -0.3 is 10.3 Å². The summed E-state index contributed by atoms with van der Waals surface area (Å²) >= 11 is 0. The van der Waals surface area contributed by atoms with Crippen molar-refractivity contribution in [2.24, 2.45) is 5.73 Å². The van der Waals surface area contributed by atoms with Crippen LogP contribution in [0.2, 0.25) is 0 Å². The van der Waals surface area contributed by atoms with E-state index in [1.807, 2.05) is 6.33 Å². The number of hydrogen-bond acceptors (Lipinski definition) is 2. The predicted molar refractivity (Wildman–Crippen MR) is 68.8 cm³/mol. The first-order valence-electron chi connectivity index (χ1n) is 7.06. The van der Waals surface area contributed by atoms with Crippen LogP contribution < -0.4 is 5.73 Å². The second-order valence-electron chi connectivity index (χ2n) is 6.00. The molecule has 0 spiro atoms. The van der Waals surface area contributed by atoms with Gasteiger partial charge in [0.1, 0.15) is 0 Å². The summed E-state index contributed by atoms with van der Waals surface area (Å²) in [6.07, 6.45) is 14.5. The minimum absolute atomic E-state index is 0.0596. The lowest BCUT2D eigenvalue weighted by Crippen LogP contribution is -2.50. The molecule has 2 aliphatic carbocycles. The lowest BCUT2D eigenvalue weighted by Gasteiger charge is -2.39. The smallest absolute Gasteiger partial charge is 0.0948 e. The Bertz CT molecular complexity index is 373. The molecule has 0 radical (unpaired) electrons. The van der Waals surface area contributed by atoms with Crippen LogP contribution in [0, 0.1) is 0 Å². The van der Waals surface area contributed by atoms with Gasteiger partial charge in [0.15, 0.2) is 0 Å². The first-order valence-corrected chi connectivity index (χ1v) is 7.06.